The smallest absolute Gasteiger partial charge is 0.272 e. The van der Waals surface area contributed by atoms with Crippen LogP contribution in [0.15, 0.2) is 82.5 Å². The fraction of sp³-hybridized carbons (Fsp3) is 0.194. The maximum atomic E-state index is 12.0. The largest absolute Gasteiger partial charge is 0.491 e. The van der Waals surface area contributed by atoms with Crippen LogP contribution in [-0.2, 0) is 11.3 Å². The Morgan fingerprint density at radius 2 is 1.65 bits per heavy atom. The van der Waals surface area contributed by atoms with Gasteiger partial charge in [0.05, 0.1) is 18.3 Å². The molecule has 0 aliphatic carbocycles. The quantitative estimate of drug-likeness (QED) is 0.253. The van der Waals surface area contributed by atoms with E-state index in [2.05, 4.69) is 29.2 Å². The van der Waals surface area contributed by atoms with Gasteiger partial charge in [0, 0.05) is 55.4 Å². The van der Waals surface area contributed by atoms with Crippen LogP contribution in [0.5, 0.6) is 5.75 Å². The van der Waals surface area contributed by atoms with Crippen molar-refractivity contribution in [1.82, 2.24) is 14.5 Å². The van der Waals surface area contributed by atoms with Crippen LogP contribution in [0.3, 0.4) is 0 Å². The van der Waals surface area contributed by atoms with Gasteiger partial charge in [-0.05, 0) is 23.3 Å². The van der Waals surface area contributed by atoms with Gasteiger partial charge in [0.15, 0.2) is 5.75 Å². The molecule has 0 amide bonds. The number of fused-ring (bicyclic) bond motifs is 1. The molecule has 3 heterocycles. The Kier molecular flexibility index (Phi) is 6.57. The molecule has 0 radical (unpaired) electrons. The van der Waals surface area contributed by atoms with Crippen LogP contribution >= 0.6 is 0 Å². The number of pyridine rings is 2. The van der Waals surface area contributed by atoms with E-state index >= 15 is 0 Å². The molecule has 9 nitrogen and oxygen atoms in total. The number of rotatable bonds is 7. The Bertz CT molecular complexity index is 1850. The molecule has 1 aliphatic rings. The number of carbonyl (C=O) groups is 1. The van der Waals surface area contributed by atoms with Gasteiger partial charge in [-0.3, -0.25) is 29.3 Å². The number of anilines is 1. The van der Waals surface area contributed by atoms with E-state index in [0.717, 1.165) is 47.6 Å². The monoisotopic (exact) mass is 533 g/mol. The zero-order valence-corrected chi connectivity index (χ0v) is 22.0. The van der Waals surface area contributed by atoms with Gasteiger partial charge in [-0.1, -0.05) is 54.6 Å². The lowest BCUT2D eigenvalue weighted by molar-refractivity contribution is 0.248. The van der Waals surface area contributed by atoms with E-state index < -0.39 is 10.9 Å². The Morgan fingerprint density at radius 1 is 0.925 bits per heavy atom. The third kappa shape index (κ3) is 4.40. The summed E-state index contributed by atoms with van der Waals surface area (Å²) in [6.45, 7) is 3.61. The van der Waals surface area contributed by atoms with E-state index in [4.69, 9.17) is 15.1 Å². The third-order valence-electron chi connectivity index (χ3n) is 7.53. The number of nitrogens with one attached hydrogen (secondary N) is 1. The molecule has 3 aromatic carbocycles. The van der Waals surface area contributed by atoms with Crippen molar-refractivity contribution in [3.63, 3.8) is 0 Å². The summed E-state index contributed by atoms with van der Waals surface area (Å²) in [5.74, 6) is 0.174. The van der Waals surface area contributed by atoms with E-state index in [-0.39, 0.29) is 11.2 Å². The van der Waals surface area contributed by atoms with Crippen LogP contribution in [0.4, 0.5) is 5.69 Å². The summed E-state index contributed by atoms with van der Waals surface area (Å²) in [6, 6.07) is 21.9. The number of benzene rings is 2. The first-order valence-electron chi connectivity index (χ1n) is 13.0. The van der Waals surface area contributed by atoms with E-state index in [1.807, 2.05) is 41.3 Å². The van der Waals surface area contributed by atoms with Gasteiger partial charge in [-0.2, -0.15) is 0 Å². The second-order valence-electron chi connectivity index (χ2n) is 9.86. The Hall–Kier alpha value is -4.89. The minimum atomic E-state index is -0.541. The molecule has 1 N–H and O–H groups in total. The molecule has 0 unspecified atom stereocenters. The molecule has 9 heteroatoms. The zero-order chi connectivity index (χ0) is 27.8. The Balaban J connectivity index is 1.24. The van der Waals surface area contributed by atoms with E-state index in [0.29, 0.717) is 36.1 Å². The lowest BCUT2D eigenvalue weighted by Gasteiger charge is -2.36. The van der Waals surface area contributed by atoms with Crippen molar-refractivity contribution in [2.45, 2.75) is 6.54 Å². The molecule has 0 saturated carbocycles. The number of piperazine rings is 1. The first-order valence-corrected chi connectivity index (χ1v) is 13.0. The van der Waals surface area contributed by atoms with Crippen molar-refractivity contribution in [2.75, 3.05) is 38.2 Å². The molecule has 0 bridgehead atoms. The lowest BCUT2D eigenvalue weighted by Crippen LogP contribution is -2.50. The minimum Gasteiger partial charge on any atom is -0.491 e. The molecular formula is C31H27N5O4. The standard InChI is InChI=1S/C31H27N5O4/c1-40-30-27(28(38)29(30)39)35-15-13-34(14-16-35)18-20-7-9-22(10-8-20)26-23(21-5-3-2-4-6-21)17-24-25(33-26)11-12-36(19-37)31(24)32/h2-12,17,19,32H,13-16,18H2,1H3. The van der Waals surface area contributed by atoms with Crippen molar-refractivity contribution in [2.24, 2.45) is 0 Å². The van der Waals surface area contributed by atoms with E-state index in [9.17, 15) is 14.4 Å². The Morgan fingerprint density at radius 3 is 2.33 bits per heavy atom. The summed E-state index contributed by atoms with van der Waals surface area (Å²) in [5.41, 5.74) is 4.96. The number of aromatic nitrogens is 2. The van der Waals surface area contributed by atoms with Crippen molar-refractivity contribution >= 4 is 23.0 Å². The van der Waals surface area contributed by atoms with Crippen LogP contribution in [-0.4, -0.2) is 54.1 Å². The highest BCUT2D eigenvalue weighted by molar-refractivity contribution is 5.91. The van der Waals surface area contributed by atoms with Gasteiger partial charge in [-0.15, -0.1) is 0 Å². The summed E-state index contributed by atoms with van der Waals surface area (Å²) in [4.78, 5) is 44.3. The highest BCUT2D eigenvalue weighted by atomic mass is 16.5. The average Bonchev–Trinajstić information content (AvgIpc) is 3.00. The molecule has 1 fully saturated rings. The SMILES string of the molecule is COc1c(N2CCN(Cc3ccc(-c4nc5ccn(C=O)c(=N)c5cc4-c4ccccc4)cc3)CC2)c(=O)c1=O. The normalized spacial score (nSPS) is 14.1. The van der Waals surface area contributed by atoms with Crippen LogP contribution < -0.4 is 26.0 Å². The molecule has 1 saturated heterocycles. The molecule has 5 aromatic rings. The molecule has 40 heavy (non-hydrogen) atoms. The average molecular weight is 534 g/mol. The predicted octanol–water partition coefficient (Wildman–Crippen LogP) is 2.81. The second kappa shape index (κ2) is 10.3. The predicted molar refractivity (Wildman–Crippen MR) is 154 cm³/mol. The number of hydrogen-bond acceptors (Lipinski definition) is 8. The maximum Gasteiger partial charge on any atom is 0.272 e. The Labute approximate surface area is 229 Å². The van der Waals surface area contributed by atoms with Crippen LogP contribution in [0.2, 0.25) is 0 Å². The van der Waals surface area contributed by atoms with Crippen molar-refractivity contribution in [3.05, 3.63) is 104 Å². The number of ether oxygens (including phenoxy) is 1. The molecule has 0 atom stereocenters. The summed E-state index contributed by atoms with van der Waals surface area (Å²) in [7, 11) is 1.42. The van der Waals surface area contributed by atoms with Gasteiger partial charge >= 0.3 is 0 Å². The highest BCUT2D eigenvalue weighted by Gasteiger charge is 2.29. The van der Waals surface area contributed by atoms with E-state index in [1.54, 1.807) is 12.3 Å². The van der Waals surface area contributed by atoms with E-state index in [1.165, 1.54) is 11.7 Å². The van der Waals surface area contributed by atoms with Crippen LogP contribution in [0.25, 0.3) is 33.3 Å². The van der Waals surface area contributed by atoms with Crippen molar-refractivity contribution < 1.29 is 9.53 Å². The molecule has 6 rings (SSSR count). The number of carbonyl (C=O) groups excluding carboxylic acids is 1. The lowest BCUT2D eigenvalue weighted by atomic mass is 9.97. The summed E-state index contributed by atoms with van der Waals surface area (Å²) in [5, 5.41) is 9.06. The first kappa shape index (κ1) is 25.4. The zero-order valence-electron chi connectivity index (χ0n) is 22.0. The minimum absolute atomic E-state index is 0.0992. The fourth-order valence-electron chi connectivity index (χ4n) is 5.35. The van der Waals surface area contributed by atoms with Crippen LogP contribution in [0.1, 0.15) is 5.56 Å². The van der Waals surface area contributed by atoms with Crippen molar-refractivity contribution in [3.8, 4) is 28.1 Å². The summed E-state index contributed by atoms with van der Waals surface area (Å²) >= 11 is 0. The molecule has 1 aliphatic heterocycles. The molecular weight excluding hydrogens is 506 g/mol. The number of nitrogens with zero attached hydrogens (tertiary/aromatic N) is 4. The third-order valence-corrected chi connectivity index (χ3v) is 7.53. The van der Waals surface area contributed by atoms with Crippen LogP contribution in [0, 0.1) is 5.41 Å². The molecule has 2 aromatic heterocycles. The molecule has 0 spiro atoms. The highest BCUT2D eigenvalue weighted by Crippen LogP contribution is 2.33. The summed E-state index contributed by atoms with van der Waals surface area (Å²) < 4.78 is 6.35. The topological polar surface area (TPSA) is 109 Å². The summed E-state index contributed by atoms with van der Waals surface area (Å²) in [6.07, 6.45) is 2.18. The first-order chi connectivity index (χ1) is 19.5. The van der Waals surface area contributed by atoms with Gasteiger partial charge in [0.2, 0.25) is 6.41 Å². The van der Waals surface area contributed by atoms with Gasteiger partial charge in [0.1, 0.15) is 11.2 Å². The van der Waals surface area contributed by atoms with Gasteiger partial charge in [0.25, 0.3) is 10.9 Å². The number of hydrogen-bond donors (Lipinski definition) is 1. The second-order valence-corrected chi connectivity index (χ2v) is 9.86. The van der Waals surface area contributed by atoms with Gasteiger partial charge in [-0.25, -0.2) is 4.98 Å². The fourth-order valence-corrected chi connectivity index (χ4v) is 5.35. The van der Waals surface area contributed by atoms with Gasteiger partial charge < -0.3 is 9.64 Å². The van der Waals surface area contributed by atoms with Crippen molar-refractivity contribution in [1.29, 1.82) is 5.41 Å². The molecule has 200 valence electrons. The maximum absolute atomic E-state index is 12.0. The number of methoxy groups -OCH3 is 1.